The number of halogens is 4. The van der Waals surface area contributed by atoms with Gasteiger partial charge in [-0.15, -0.1) is 0 Å². The highest BCUT2D eigenvalue weighted by Crippen LogP contribution is 2.23. The first kappa shape index (κ1) is 16.6. The smallest absolute Gasteiger partial charge is 0.330 e. The number of rotatable bonds is 9. The van der Waals surface area contributed by atoms with Gasteiger partial charge in [-0.3, -0.25) is 0 Å². The average Bonchev–Trinajstić information content (AvgIpc) is 2.16. The molecule has 0 saturated carbocycles. The number of ether oxygens (including phenoxy) is 1. The van der Waals surface area contributed by atoms with E-state index in [-0.39, 0.29) is 12.5 Å². The van der Waals surface area contributed by atoms with Crippen LogP contribution in [0.15, 0.2) is 0 Å². The van der Waals surface area contributed by atoms with Crippen LogP contribution in [-0.4, -0.2) is 36.8 Å². The van der Waals surface area contributed by atoms with Crippen LogP contribution in [0.25, 0.3) is 0 Å². The Hall–Kier alpha value is -0.360. The van der Waals surface area contributed by atoms with Crippen molar-refractivity contribution in [3.8, 4) is 0 Å². The van der Waals surface area contributed by atoms with Crippen LogP contribution in [0.4, 0.5) is 17.6 Å². The van der Waals surface area contributed by atoms with E-state index in [1.807, 2.05) is 13.8 Å². The Morgan fingerprint density at radius 2 is 1.88 bits per heavy atom. The van der Waals surface area contributed by atoms with Crippen molar-refractivity contribution < 1.29 is 27.4 Å². The molecule has 2 nitrogen and oxygen atoms in total. The summed E-state index contributed by atoms with van der Waals surface area (Å²) >= 11 is 0. The van der Waals surface area contributed by atoms with E-state index in [1.54, 1.807) is 0 Å². The van der Waals surface area contributed by atoms with E-state index in [0.717, 1.165) is 12.8 Å². The van der Waals surface area contributed by atoms with Gasteiger partial charge in [0.15, 0.2) is 0 Å². The zero-order valence-corrected chi connectivity index (χ0v) is 10.1. The van der Waals surface area contributed by atoms with Crippen molar-refractivity contribution in [2.45, 2.75) is 51.6 Å². The minimum absolute atomic E-state index is 0.259. The Balaban J connectivity index is 3.74. The van der Waals surface area contributed by atoms with Crippen LogP contribution in [-0.2, 0) is 4.74 Å². The first-order valence-corrected chi connectivity index (χ1v) is 5.71. The van der Waals surface area contributed by atoms with Crippen LogP contribution in [0.3, 0.4) is 0 Å². The molecule has 2 unspecified atom stereocenters. The predicted octanol–water partition coefficient (Wildman–Crippen LogP) is 3.09. The summed E-state index contributed by atoms with van der Waals surface area (Å²) in [6.07, 6.45) is -2.31. The third-order valence-electron chi connectivity index (χ3n) is 2.38. The summed E-state index contributed by atoms with van der Waals surface area (Å²) in [5, 5.41) is 9.42. The lowest BCUT2D eigenvalue weighted by atomic mass is 9.99. The average molecular weight is 260 g/mol. The van der Waals surface area contributed by atoms with Gasteiger partial charge in [0.1, 0.15) is 6.61 Å². The monoisotopic (exact) mass is 260 g/mol. The van der Waals surface area contributed by atoms with Gasteiger partial charge in [0, 0.05) is 0 Å². The van der Waals surface area contributed by atoms with Crippen LogP contribution in [0.2, 0.25) is 0 Å². The first-order valence-electron chi connectivity index (χ1n) is 5.71. The van der Waals surface area contributed by atoms with Crippen LogP contribution in [0.5, 0.6) is 0 Å². The largest absolute Gasteiger partial charge is 0.391 e. The van der Waals surface area contributed by atoms with Gasteiger partial charge in [-0.05, 0) is 12.3 Å². The molecule has 0 radical (unpaired) electrons. The molecular weight excluding hydrogens is 240 g/mol. The highest BCUT2D eigenvalue weighted by Gasteiger charge is 2.41. The number of hydrogen-bond acceptors (Lipinski definition) is 2. The highest BCUT2D eigenvalue weighted by atomic mass is 19.3. The Kier molecular flexibility index (Phi) is 7.70. The van der Waals surface area contributed by atoms with Crippen molar-refractivity contribution >= 4 is 0 Å². The molecule has 0 aliphatic carbocycles. The van der Waals surface area contributed by atoms with Crippen LogP contribution < -0.4 is 0 Å². The molecule has 0 heterocycles. The van der Waals surface area contributed by atoms with Gasteiger partial charge < -0.3 is 9.84 Å². The molecule has 0 bridgehead atoms. The molecule has 6 heteroatoms. The van der Waals surface area contributed by atoms with E-state index < -0.39 is 25.1 Å². The second-order valence-electron chi connectivity index (χ2n) is 4.36. The Morgan fingerprint density at radius 1 is 1.29 bits per heavy atom. The van der Waals surface area contributed by atoms with Gasteiger partial charge in [0.2, 0.25) is 0 Å². The number of aliphatic hydroxyl groups excluding tert-OH is 1. The fraction of sp³-hybridized carbons (Fsp3) is 1.00. The molecule has 2 atom stereocenters. The minimum atomic E-state index is -4.14. The maximum absolute atomic E-state index is 12.4. The molecule has 0 aliphatic rings. The first-order chi connectivity index (χ1) is 7.79. The van der Waals surface area contributed by atoms with Crippen molar-refractivity contribution in [3.05, 3.63) is 0 Å². The molecule has 1 N–H and O–H groups in total. The predicted molar refractivity (Wildman–Crippen MR) is 56.5 cm³/mol. The van der Waals surface area contributed by atoms with Gasteiger partial charge in [0.05, 0.1) is 12.7 Å². The Labute approximate surface area is 99.0 Å². The summed E-state index contributed by atoms with van der Waals surface area (Å²) < 4.78 is 52.8. The molecular formula is C11H20F4O2. The fourth-order valence-electron chi connectivity index (χ4n) is 1.54. The van der Waals surface area contributed by atoms with E-state index in [4.69, 9.17) is 0 Å². The Morgan fingerprint density at radius 3 is 2.35 bits per heavy atom. The van der Waals surface area contributed by atoms with Crippen molar-refractivity contribution in [3.63, 3.8) is 0 Å². The van der Waals surface area contributed by atoms with E-state index in [2.05, 4.69) is 4.74 Å². The van der Waals surface area contributed by atoms with Gasteiger partial charge in [-0.2, -0.15) is 8.78 Å². The van der Waals surface area contributed by atoms with Crippen LogP contribution >= 0.6 is 0 Å². The normalized spacial score (nSPS) is 16.2. The molecule has 0 saturated heterocycles. The lowest BCUT2D eigenvalue weighted by Crippen LogP contribution is -2.34. The van der Waals surface area contributed by atoms with Gasteiger partial charge >= 0.3 is 12.3 Å². The summed E-state index contributed by atoms with van der Waals surface area (Å²) in [5.41, 5.74) is 0. The lowest BCUT2D eigenvalue weighted by Gasteiger charge is -2.18. The maximum Gasteiger partial charge on any atom is 0.330 e. The number of alkyl halides is 4. The molecule has 0 aromatic rings. The highest BCUT2D eigenvalue weighted by molar-refractivity contribution is 4.68. The molecule has 0 rings (SSSR count). The lowest BCUT2D eigenvalue weighted by molar-refractivity contribution is -0.171. The molecule has 0 aliphatic heterocycles. The van der Waals surface area contributed by atoms with Crippen LogP contribution in [0, 0.1) is 5.92 Å². The molecule has 0 amide bonds. The van der Waals surface area contributed by atoms with Gasteiger partial charge in [-0.1, -0.05) is 26.7 Å². The quantitative estimate of drug-likeness (QED) is 0.645. The number of aliphatic hydroxyl groups is 1. The minimum Gasteiger partial charge on any atom is -0.391 e. The zero-order valence-electron chi connectivity index (χ0n) is 10.1. The third kappa shape index (κ3) is 7.54. The van der Waals surface area contributed by atoms with E-state index >= 15 is 0 Å². The van der Waals surface area contributed by atoms with Gasteiger partial charge in [0.25, 0.3) is 0 Å². The second kappa shape index (κ2) is 7.87. The standard InChI is InChI=1S/C11H20F4O2/c1-3-4-8(2)5-9(16)6-17-7-11(14,15)10(12)13/h8-10,16H,3-7H2,1-2H3. The Bertz CT molecular complexity index is 200. The molecule has 104 valence electrons. The van der Waals surface area contributed by atoms with E-state index in [9.17, 15) is 22.7 Å². The zero-order chi connectivity index (χ0) is 13.5. The summed E-state index contributed by atoms with van der Waals surface area (Å²) in [6.45, 7) is 2.24. The maximum atomic E-state index is 12.4. The summed E-state index contributed by atoms with van der Waals surface area (Å²) in [5.74, 6) is -3.89. The SMILES string of the molecule is CCCC(C)CC(O)COCC(F)(F)C(F)F. The molecule has 0 aromatic carbocycles. The van der Waals surface area contributed by atoms with Gasteiger partial charge in [-0.25, -0.2) is 8.78 Å². The molecule has 0 spiro atoms. The topological polar surface area (TPSA) is 29.5 Å². The number of hydrogen-bond donors (Lipinski definition) is 1. The summed E-state index contributed by atoms with van der Waals surface area (Å²) in [4.78, 5) is 0. The van der Waals surface area contributed by atoms with Crippen LogP contribution in [0.1, 0.15) is 33.1 Å². The van der Waals surface area contributed by atoms with Crippen molar-refractivity contribution in [2.75, 3.05) is 13.2 Å². The second-order valence-corrected chi connectivity index (χ2v) is 4.36. The summed E-state index contributed by atoms with van der Waals surface area (Å²) in [7, 11) is 0. The van der Waals surface area contributed by atoms with Crippen molar-refractivity contribution in [2.24, 2.45) is 5.92 Å². The van der Waals surface area contributed by atoms with E-state index in [1.165, 1.54) is 0 Å². The molecule has 0 aromatic heterocycles. The van der Waals surface area contributed by atoms with Crippen molar-refractivity contribution in [1.29, 1.82) is 0 Å². The fourth-order valence-corrected chi connectivity index (χ4v) is 1.54. The molecule has 0 fully saturated rings. The third-order valence-corrected chi connectivity index (χ3v) is 2.38. The summed E-state index contributed by atoms with van der Waals surface area (Å²) in [6, 6.07) is 0. The van der Waals surface area contributed by atoms with Crippen molar-refractivity contribution in [1.82, 2.24) is 0 Å². The van der Waals surface area contributed by atoms with E-state index in [0.29, 0.717) is 6.42 Å². The molecule has 17 heavy (non-hydrogen) atoms.